The summed E-state index contributed by atoms with van der Waals surface area (Å²) in [5.74, 6) is 0. The number of hydrogen-bond donors (Lipinski definition) is 1. The van der Waals surface area contributed by atoms with Crippen molar-refractivity contribution in [1.82, 2.24) is 10.2 Å². The van der Waals surface area contributed by atoms with Gasteiger partial charge >= 0.3 is 0 Å². The van der Waals surface area contributed by atoms with E-state index in [9.17, 15) is 0 Å². The van der Waals surface area contributed by atoms with Gasteiger partial charge in [0.1, 0.15) is 0 Å². The van der Waals surface area contributed by atoms with E-state index in [0.717, 1.165) is 25.7 Å². The second-order valence-electron chi connectivity index (χ2n) is 5.76. The van der Waals surface area contributed by atoms with Gasteiger partial charge in [-0.05, 0) is 50.4 Å². The van der Waals surface area contributed by atoms with E-state index in [1.54, 1.807) is 0 Å². The highest BCUT2D eigenvalue weighted by molar-refractivity contribution is 5.27. The number of nitrogens with zero attached hydrogens (tertiary/aromatic N) is 1. The third kappa shape index (κ3) is 4.32. The molecule has 0 bridgehead atoms. The van der Waals surface area contributed by atoms with Gasteiger partial charge in [0.25, 0.3) is 0 Å². The van der Waals surface area contributed by atoms with Crippen LogP contribution in [0.5, 0.6) is 0 Å². The van der Waals surface area contributed by atoms with Crippen LogP contribution in [0.3, 0.4) is 0 Å². The first-order valence-electron chi connectivity index (χ1n) is 7.82. The van der Waals surface area contributed by atoms with Crippen molar-refractivity contribution in [3.05, 3.63) is 35.4 Å². The van der Waals surface area contributed by atoms with Crippen molar-refractivity contribution < 1.29 is 0 Å². The summed E-state index contributed by atoms with van der Waals surface area (Å²) in [5.41, 5.74) is 2.97. The van der Waals surface area contributed by atoms with Gasteiger partial charge in [0.15, 0.2) is 0 Å². The lowest BCUT2D eigenvalue weighted by Gasteiger charge is -2.33. The fourth-order valence-corrected chi connectivity index (χ4v) is 2.90. The van der Waals surface area contributed by atoms with Gasteiger partial charge in [0.2, 0.25) is 0 Å². The molecule has 106 valence electrons. The highest BCUT2D eigenvalue weighted by Crippen LogP contribution is 2.20. The van der Waals surface area contributed by atoms with Crippen LogP contribution in [0, 0.1) is 0 Å². The van der Waals surface area contributed by atoms with Crippen LogP contribution in [0.2, 0.25) is 0 Å². The van der Waals surface area contributed by atoms with Crippen LogP contribution in [0.15, 0.2) is 24.3 Å². The third-order valence-corrected chi connectivity index (χ3v) is 4.17. The van der Waals surface area contributed by atoms with E-state index >= 15 is 0 Å². The van der Waals surface area contributed by atoms with Crippen molar-refractivity contribution in [2.45, 2.75) is 58.7 Å². The minimum absolute atomic E-state index is 0.741. The Balaban J connectivity index is 1.98. The largest absolute Gasteiger partial charge is 0.313 e. The Morgan fingerprint density at radius 1 is 1.21 bits per heavy atom. The van der Waals surface area contributed by atoms with Gasteiger partial charge in [0.05, 0.1) is 0 Å². The molecule has 1 atom stereocenters. The topological polar surface area (TPSA) is 15.3 Å². The van der Waals surface area contributed by atoms with Gasteiger partial charge < -0.3 is 5.32 Å². The van der Waals surface area contributed by atoms with E-state index in [1.165, 1.54) is 43.4 Å². The second kappa shape index (κ2) is 7.66. The molecule has 0 aromatic heterocycles. The van der Waals surface area contributed by atoms with Crippen molar-refractivity contribution in [2.24, 2.45) is 0 Å². The molecule has 1 heterocycles. The van der Waals surface area contributed by atoms with Crippen molar-refractivity contribution >= 4 is 0 Å². The van der Waals surface area contributed by atoms with Crippen LogP contribution in [0.4, 0.5) is 0 Å². The van der Waals surface area contributed by atoms with E-state index in [-0.39, 0.29) is 0 Å². The molecule has 0 spiro atoms. The van der Waals surface area contributed by atoms with Crippen LogP contribution in [0.1, 0.15) is 50.7 Å². The normalized spacial score (nSPS) is 20.6. The third-order valence-electron chi connectivity index (χ3n) is 4.17. The Bertz CT molecular complexity index is 375. The van der Waals surface area contributed by atoms with Crippen LogP contribution in [-0.4, -0.2) is 24.0 Å². The number of piperidine rings is 1. The monoisotopic (exact) mass is 260 g/mol. The molecule has 1 saturated heterocycles. The van der Waals surface area contributed by atoms with Gasteiger partial charge in [-0.2, -0.15) is 0 Å². The van der Waals surface area contributed by atoms with E-state index in [0.29, 0.717) is 0 Å². The predicted molar refractivity (Wildman–Crippen MR) is 82.2 cm³/mol. The standard InChI is InChI=1S/C17H28N2/c1-3-11-18-13-16-9-4-5-10-17(16)14-19-12-7-6-8-15(19)2/h4-5,9-10,15,18H,3,6-8,11-14H2,1-2H3. The molecule has 2 rings (SSSR count). The summed E-state index contributed by atoms with van der Waals surface area (Å²) < 4.78 is 0. The van der Waals surface area contributed by atoms with Crippen LogP contribution < -0.4 is 5.32 Å². The molecule has 0 radical (unpaired) electrons. The number of benzene rings is 1. The Labute approximate surface area is 118 Å². The van der Waals surface area contributed by atoms with E-state index in [2.05, 4.69) is 48.3 Å². The smallest absolute Gasteiger partial charge is 0.0239 e. The van der Waals surface area contributed by atoms with Gasteiger partial charge in [-0.15, -0.1) is 0 Å². The summed E-state index contributed by atoms with van der Waals surface area (Å²) >= 11 is 0. The fourth-order valence-electron chi connectivity index (χ4n) is 2.90. The minimum Gasteiger partial charge on any atom is -0.313 e. The second-order valence-corrected chi connectivity index (χ2v) is 5.76. The molecular weight excluding hydrogens is 232 g/mol. The first-order chi connectivity index (χ1) is 9.31. The molecule has 1 aliphatic heterocycles. The van der Waals surface area contributed by atoms with Crippen molar-refractivity contribution in [3.63, 3.8) is 0 Å². The molecule has 0 aliphatic carbocycles. The van der Waals surface area contributed by atoms with E-state index in [4.69, 9.17) is 0 Å². The Morgan fingerprint density at radius 2 is 2.00 bits per heavy atom. The molecule has 1 fully saturated rings. The zero-order valence-electron chi connectivity index (χ0n) is 12.5. The van der Waals surface area contributed by atoms with Crippen LogP contribution >= 0.6 is 0 Å². The summed E-state index contributed by atoms with van der Waals surface area (Å²) in [7, 11) is 0. The number of hydrogen-bond acceptors (Lipinski definition) is 2. The molecule has 1 aromatic carbocycles. The average molecular weight is 260 g/mol. The molecule has 0 amide bonds. The van der Waals surface area contributed by atoms with E-state index in [1.807, 2.05) is 0 Å². The Morgan fingerprint density at radius 3 is 2.74 bits per heavy atom. The van der Waals surface area contributed by atoms with Crippen LogP contribution in [-0.2, 0) is 13.1 Å². The number of rotatable bonds is 6. The lowest BCUT2D eigenvalue weighted by Crippen LogP contribution is -2.37. The van der Waals surface area contributed by atoms with Gasteiger partial charge in [-0.25, -0.2) is 0 Å². The molecule has 0 saturated carbocycles. The highest BCUT2D eigenvalue weighted by Gasteiger charge is 2.18. The van der Waals surface area contributed by atoms with E-state index < -0.39 is 0 Å². The minimum atomic E-state index is 0.741. The fraction of sp³-hybridized carbons (Fsp3) is 0.647. The molecule has 2 nitrogen and oxygen atoms in total. The zero-order chi connectivity index (χ0) is 13.5. The lowest BCUT2D eigenvalue weighted by atomic mass is 10.0. The molecular formula is C17H28N2. The maximum atomic E-state index is 3.52. The lowest BCUT2D eigenvalue weighted by molar-refractivity contribution is 0.152. The molecule has 1 N–H and O–H groups in total. The van der Waals surface area contributed by atoms with Crippen molar-refractivity contribution in [2.75, 3.05) is 13.1 Å². The highest BCUT2D eigenvalue weighted by atomic mass is 15.2. The zero-order valence-corrected chi connectivity index (χ0v) is 12.5. The summed E-state index contributed by atoms with van der Waals surface area (Å²) in [5, 5.41) is 3.52. The van der Waals surface area contributed by atoms with Crippen molar-refractivity contribution in [3.8, 4) is 0 Å². The molecule has 1 aromatic rings. The summed E-state index contributed by atoms with van der Waals surface area (Å²) in [6.45, 7) is 9.08. The number of nitrogens with one attached hydrogen (secondary N) is 1. The molecule has 2 heteroatoms. The maximum Gasteiger partial charge on any atom is 0.0239 e. The quantitative estimate of drug-likeness (QED) is 0.787. The molecule has 1 unspecified atom stereocenters. The van der Waals surface area contributed by atoms with Gasteiger partial charge in [0, 0.05) is 19.1 Å². The van der Waals surface area contributed by atoms with Crippen molar-refractivity contribution in [1.29, 1.82) is 0 Å². The molecule has 1 aliphatic rings. The first-order valence-corrected chi connectivity index (χ1v) is 7.82. The van der Waals surface area contributed by atoms with Gasteiger partial charge in [-0.1, -0.05) is 37.6 Å². The summed E-state index contributed by atoms with van der Waals surface area (Å²) in [6.07, 6.45) is 5.32. The predicted octanol–water partition coefficient (Wildman–Crippen LogP) is 3.56. The summed E-state index contributed by atoms with van der Waals surface area (Å²) in [6, 6.07) is 9.64. The van der Waals surface area contributed by atoms with Crippen LogP contribution in [0.25, 0.3) is 0 Å². The maximum absolute atomic E-state index is 3.52. The SMILES string of the molecule is CCCNCc1ccccc1CN1CCCCC1C. The molecule has 19 heavy (non-hydrogen) atoms. The Kier molecular flexibility index (Phi) is 5.87. The average Bonchev–Trinajstić information content (AvgIpc) is 2.43. The summed E-state index contributed by atoms with van der Waals surface area (Å²) in [4.78, 5) is 2.64. The van der Waals surface area contributed by atoms with Gasteiger partial charge in [-0.3, -0.25) is 4.90 Å². The number of likely N-dealkylation sites (tertiary alicyclic amines) is 1. The first kappa shape index (κ1) is 14.5. The Hall–Kier alpha value is -0.860.